The van der Waals surface area contributed by atoms with E-state index in [0.717, 1.165) is 17.9 Å². The van der Waals surface area contributed by atoms with Crippen LogP contribution in [0.1, 0.15) is 70.3 Å². The van der Waals surface area contributed by atoms with E-state index in [1.807, 2.05) is 0 Å². The molecule has 0 saturated heterocycles. The van der Waals surface area contributed by atoms with Crippen molar-refractivity contribution >= 4 is 11.0 Å². The molecule has 1 saturated carbocycles. The number of fused-ring (bicyclic) bond motifs is 1. The molecular formula is C19H27NO. The van der Waals surface area contributed by atoms with Crippen LogP contribution in [-0.2, 0) is 12.0 Å². The monoisotopic (exact) mass is 285 g/mol. The van der Waals surface area contributed by atoms with Crippen molar-refractivity contribution in [3.63, 3.8) is 0 Å². The molecule has 0 aliphatic heterocycles. The van der Waals surface area contributed by atoms with Crippen LogP contribution in [0, 0.1) is 0 Å². The van der Waals surface area contributed by atoms with E-state index in [1.165, 1.54) is 29.4 Å². The summed E-state index contributed by atoms with van der Waals surface area (Å²) in [5.41, 5.74) is 3.95. The number of nitrogens with one attached hydrogen (secondary N) is 1. The Hall–Kier alpha value is -1.28. The Kier molecular flexibility index (Phi) is 3.61. The zero-order chi connectivity index (χ0) is 15.2. The first kappa shape index (κ1) is 14.6. The predicted molar refractivity (Wildman–Crippen MR) is 88.9 cm³/mol. The van der Waals surface area contributed by atoms with E-state index >= 15 is 0 Å². The molecule has 0 atom stereocenters. The van der Waals surface area contributed by atoms with Gasteiger partial charge in [0.15, 0.2) is 0 Å². The Balaban J connectivity index is 2.04. The summed E-state index contributed by atoms with van der Waals surface area (Å²) < 4.78 is 6.14. The molecule has 3 rings (SSSR count). The largest absolute Gasteiger partial charge is 0.459 e. The number of rotatable bonds is 4. The number of furan rings is 1. The molecule has 0 amide bonds. The van der Waals surface area contributed by atoms with Gasteiger partial charge in [0.2, 0.25) is 0 Å². The summed E-state index contributed by atoms with van der Waals surface area (Å²) in [6, 6.07) is 7.38. The molecule has 1 aliphatic carbocycles. The summed E-state index contributed by atoms with van der Waals surface area (Å²) >= 11 is 0. The third kappa shape index (κ3) is 3.01. The van der Waals surface area contributed by atoms with Crippen LogP contribution in [0.4, 0.5) is 0 Å². The fraction of sp³-hybridized carbons (Fsp3) is 0.579. The van der Waals surface area contributed by atoms with Crippen LogP contribution in [-0.4, -0.2) is 6.04 Å². The Morgan fingerprint density at radius 1 is 1.24 bits per heavy atom. The fourth-order valence-electron chi connectivity index (χ4n) is 2.92. The first-order valence-corrected chi connectivity index (χ1v) is 8.15. The molecular weight excluding hydrogens is 258 g/mol. The molecule has 0 spiro atoms. The van der Waals surface area contributed by atoms with Crippen molar-refractivity contribution in [3.8, 4) is 0 Å². The van der Waals surface area contributed by atoms with Crippen molar-refractivity contribution in [1.82, 2.24) is 5.32 Å². The smallest absolute Gasteiger partial charge is 0.134 e. The van der Waals surface area contributed by atoms with Crippen molar-refractivity contribution in [3.05, 3.63) is 35.1 Å². The van der Waals surface area contributed by atoms with Gasteiger partial charge in [-0.15, -0.1) is 0 Å². The second kappa shape index (κ2) is 5.17. The third-order valence-corrected chi connectivity index (χ3v) is 4.38. The highest BCUT2D eigenvalue weighted by Crippen LogP contribution is 2.35. The highest BCUT2D eigenvalue weighted by Gasteiger charge is 2.24. The van der Waals surface area contributed by atoms with Crippen molar-refractivity contribution < 1.29 is 4.42 Å². The SMILES string of the molecule is CC(C)c1c(CNC2CC2)oc2ccc(C(C)(C)C)cc12. The molecule has 1 fully saturated rings. The predicted octanol–water partition coefficient (Wildman–Crippen LogP) is 5.11. The van der Waals surface area contributed by atoms with Gasteiger partial charge < -0.3 is 9.73 Å². The lowest BCUT2D eigenvalue weighted by Crippen LogP contribution is -2.16. The van der Waals surface area contributed by atoms with Gasteiger partial charge in [0.25, 0.3) is 0 Å². The molecule has 0 unspecified atom stereocenters. The van der Waals surface area contributed by atoms with Gasteiger partial charge >= 0.3 is 0 Å². The summed E-state index contributed by atoms with van der Waals surface area (Å²) in [5.74, 6) is 1.61. The Morgan fingerprint density at radius 2 is 1.95 bits per heavy atom. The van der Waals surface area contributed by atoms with E-state index in [9.17, 15) is 0 Å². The maximum absolute atomic E-state index is 6.14. The molecule has 2 heteroatoms. The number of benzene rings is 1. The van der Waals surface area contributed by atoms with Gasteiger partial charge in [0, 0.05) is 17.0 Å². The topological polar surface area (TPSA) is 25.2 Å². The van der Waals surface area contributed by atoms with Crippen LogP contribution in [0.3, 0.4) is 0 Å². The van der Waals surface area contributed by atoms with Crippen molar-refractivity contribution in [1.29, 1.82) is 0 Å². The zero-order valence-electron chi connectivity index (χ0n) is 13.9. The molecule has 2 aromatic rings. The van der Waals surface area contributed by atoms with Gasteiger partial charge in [-0.05, 0) is 41.9 Å². The molecule has 21 heavy (non-hydrogen) atoms. The fourth-order valence-corrected chi connectivity index (χ4v) is 2.92. The second-order valence-electron chi connectivity index (χ2n) is 7.71. The van der Waals surface area contributed by atoms with Gasteiger partial charge in [-0.25, -0.2) is 0 Å². The molecule has 1 aliphatic rings. The molecule has 0 bridgehead atoms. The quantitative estimate of drug-likeness (QED) is 0.845. The van der Waals surface area contributed by atoms with E-state index in [1.54, 1.807) is 0 Å². The summed E-state index contributed by atoms with van der Waals surface area (Å²) in [4.78, 5) is 0. The Bertz CT molecular complexity index is 641. The van der Waals surface area contributed by atoms with E-state index in [2.05, 4.69) is 58.1 Å². The lowest BCUT2D eigenvalue weighted by molar-refractivity contribution is 0.503. The standard InChI is InChI=1S/C19H27NO/c1-12(2)18-15-10-13(19(3,4)5)6-9-16(15)21-17(18)11-20-14-7-8-14/h6,9-10,12,14,20H,7-8,11H2,1-5H3. The molecule has 1 aromatic heterocycles. The minimum absolute atomic E-state index is 0.173. The van der Waals surface area contributed by atoms with Crippen molar-refractivity contribution in [2.45, 2.75) is 71.4 Å². The van der Waals surface area contributed by atoms with E-state index in [-0.39, 0.29) is 5.41 Å². The lowest BCUT2D eigenvalue weighted by Gasteiger charge is -2.19. The van der Waals surface area contributed by atoms with Gasteiger partial charge in [-0.1, -0.05) is 40.7 Å². The van der Waals surface area contributed by atoms with E-state index in [4.69, 9.17) is 4.42 Å². The average Bonchev–Trinajstić information content (AvgIpc) is 3.13. The molecule has 0 radical (unpaired) electrons. The van der Waals surface area contributed by atoms with Gasteiger partial charge in [-0.2, -0.15) is 0 Å². The van der Waals surface area contributed by atoms with E-state index < -0.39 is 0 Å². The van der Waals surface area contributed by atoms with Gasteiger partial charge in [0.1, 0.15) is 11.3 Å². The summed E-state index contributed by atoms with van der Waals surface area (Å²) in [7, 11) is 0. The summed E-state index contributed by atoms with van der Waals surface area (Å²) in [5, 5.41) is 4.88. The van der Waals surface area contributed by atoms with Crippen molar-refractivity contribution in [2.24, 2.45) is 0 Å². The summed E-state index contributed by atoms with van der Waals surface area (Å²) in [6.07, 6.45) is 2.62. The average molecular weight is 285 g/mol. The summed E-state index contributed by atoms with van der Waals surface area (Å²) in [6.45, 7) is 12.2. The van der Waals surface area contributed by atoms with Crippen LogP contribution < -0.4 is 5.32 Å². The second-order valence-corrected chi connectivity index (χ2v) is 7.71. The molecule has 114 valence electrons. The highest BCUT2D eigenvalue weighted by atomic mass is 16.3. The van der Waals surface area contributed by atoms with Crippen molar-refractivity contribution in [2.75, 3.05) is 0 Å². The third-order valence-electron chi connectivity index (χ3n) is 4.38. The Labute approximate surface area is 127 Å². The Morgan fingerprint density at radius 3 is 2.52 bits per heavy atom. The minimum Gasteiger partial charge on any atom is -0.459 e. The van der Waals surface area contributed by atoms with Gasteiger partial charge in [-0.3, -0.25) is 0 Å². The first-order valence-electron chi connectivity index (χ1n) is 8.15. The maximum atomic E-state index is 6.14. The van der Waals surface area contributed by atoms with Crippen LogP contribution in [0.5, 0.6) is 0 Å². The van der Waals surface area contributed by atoms with Gasteiger partial charge in [0.05, 0.1) is 6.54 Å². The molecule has 2 nitrogen and oxygen atoms in total. The first-order chi connectivity index (χ1) is 9.86. The van der Waals surface area contributed by atoms with Crippen LogP contribution in [0.15, 0.2) is 22.6 Å². The molecule has 1 N–H and O–H groups in total. The number of hydrogen-bond donors (Lipinski definition) is 1. The molecule has 1 aromatic carbocycles. The normalized spacial score (nSPS) is 16.1. The maximum Gasteiger partial charge on any atom is 0.134 e. The lowest BCUT2D eigenvalue weighted by atomic mass is 9.85. The van der Waals surface area contributed by atoms with Crippen LogP contribution in [0.2, 0.25) is 0 Å². The van der Waals surface area contributed by atoms with Crippen LogP contribution >= 0.6 is 0 Å². The minimum atomic E-state index is 0.173. The van der Waals surface area contributed by atoms with Crippen LogP contribution in [0.25, 0.3) is 11.0 Å². The number of hydrogen-bond acceptors (Lipinski definition) is 2. The molecule has 1 heterocycles. The van der Waals surface area contributed by atoms with E-state index in [0.29, 0.717) is 12.0 Å². The highest BCUT2D eigenvalue weighted by molar-refractivity contribution is 5.84. The zero-order valence-corrected chi connectivity index (χ0v) is 13.9.